The van der Waals surface area contributed by atoms with Gasteiger partial charge in [-0.1, -0.05) is 31.2 Å². The third-order valence-electron chi connectivity index (χ3n) is 4.22. The molecule has 142 valence electrons. The first kappa shape index (κ1) is 18.7. The van der Waals surface area contributed by atoms with Crippen molar-refractivity contribution in [3.8, 4) is 11.5 Å². The number of nitrogens with zero attached hydrogens (tertiary/aromatic N) is 2. The van der Waals surface area contributed by atoms with E-state index in [1.807, 2.05) is 36.1 Å². The van der Waals surface area contributed by atoms with Crippen LogP contribution in [0.25, 0.3) is 0 Å². The standard InChI is InChI=1S/C19H21N3O5/c1-2-21(11-14-13-26-17-9-5-6-10-18(17)27-14)12-19(23)20-15-7-3-4-8-16(15)22(24)25/h3-10,14H,2,11-13H2,1H3,(H,20,23). The fraction of sp³-hybridized carbons (Fsp3) is 0.316. The molecule has 1 aliphatic rings. The third-order valence-corrected chi connectivity index (χ3v) is 4.22. The molecule has 0 aliphatic carbocycles. The average molecular weight is 371 g/mol. The lowest BCUT2D eigenvalue weighted by Gasteiger charge is -2.30. The molecular formula is C19H21N3O5. The maximum Gasteiger partial charge on any atom is 0.292 e. The number of carbonyl (C=O) groups excluding carboxylic acids is 1. The number of hydrogen-bond donors (Lipinski definition) is 1. The normalized spacial score (nSPS) is 15.4. The molecule has 1 aliphatic heterocycles. The van der Waals surface area contributed by atoms with Gasteiger partial charge in [-0.05, 0) is 24.7 Å². The van der Waals surface area contributed by atoms with E-state index < -0.39 is 4.92 Å². The molecule has 1 amide bonds. The minimum atomic E-state index is -0.516. The molecule has 2 aromatic rings. The molecule has 8 heteroatoms. The number of ether oxygens (including phenoxy) is 2. The molecule has 0 radical (unpaired) electrons. The van der Waals surface area contributed by atoms with E-state index in [1.54, 1.807) is 12.1 Å². The Morgan fingerprint density at radius 1 is 1.22 bits per heavy atom. The molecular weight excluding hydrogens is 350 g/mol. The van der Waals surface area contributed by atoms with Gasteiger partial charge in [0.2, 0.25) is 5.91 Å². The van der Waals surface area contributed by atoms with Gasteiger partial charge in [0.15, 0.2) is 11.5 Å². The van der Waals surface area contributed by atoms with Crippen LogP contribution in [-0.4, -0.2) is 48.1 Å². The van der Waals surface area contributed by atoms with Crippen LogP contribution in [0, 0.1) is 10.1 Å². The Labute approximate surface area is 156 Å². The molecule has 1 unspecified atom stereocenters. The lowest BCUT2D eigenvalue weighted by atomic mass is 10.2. The maximum atomic E-state index is 12.3. The largest absolute Gasteiger partial charge is 0.486 e. The second kappa shape index (κ2) is 8.50. The number of rotatable bonds is 7. The summed E-state index contributed by atoms with van der Waals surface area (Å²) < 4.78 is 11.6. The average Bonchev–Trinajstić information content (AvgIpc) is 2.67. The van der Waals surface area contributed by atoms with Crippen molar-refractivity contribution in [3.63, 3.8) is 0 Å². The van der Waals surface area contributed by atoms with E-state index >= 15 is 0 Å². The number of hydrogen-bond acceptors (Lipinski definition) is 6. The SMILES string of the molecule is CCN(CC(=O)Nc1ccccc1[N+](=O)[O-])CC1COc2ccccc2O1. The Kier molecular flexibility index (Phi) is 5.87. The van der Waals surface area contributed by atoms with Gasteiger partial charge in [0, 0.05) is 12.6 Å². The molecule has 8 nitrogen and oxygen atoms in total. The maximum absolute atomic E-state index is 12.3. The second-order valence-corrected chi connectivity index (χ2v) is 6.15. The topological polar surface area (TPSA) is 93.9 Å². The van der Waals surface area contributed by atoms with Crippen molar-refractivity contribution in [1.29, 1.82) is 0 Å². The van der Waals surface area contributed by atoms with Gasteiger partial charge >= 0.3 is 0 Å². The Hall–Kier alpha value is -3.13. The van der Waals surface area contributed by atoms with Crippen LogP contribution in [-0.2, 0) is 4.79 Å². The summed E-state index contributed by atoms with van der Waals surface area (Å²) in [4.78, 5) is 24.8. The van der Waals surface area contributed by atoms with E-state index in [4.69, 9.17) is 9.47 Å². The van der Waals surface area contributed by atoms with Crippen LogP contribution in [0.2, 0.25) is 0 Å². The molecule has 0 fully saturated rings. The van der Waals surface area contributed by atoms with Crippen molar-refractivity contribution in [2.45, 2.75) is 13.0 Å². The minimum absolute atomic E-state index is 0.101. The van der Waals surface area contributed by atoms with Gasteiger partial charge in [-0.2, -0.15) is 0 Å². The number of likely N-dealkylation sites (N-methyl/N-ethyl adjacent to an activating group) is 1. The Morgan fingerprint density at radius 3 is 2.67 bits per heavy atom. The van der Waals surface area contributed by atoms with Gasteiger partial charge < -0.3 is 14.8 Å². The number of fused-ring (bicyclic) bond motifs is 1. The zero-order valence-electron chi connectivity index (χ0n) is 15.0. The summed E-state index contributed by atoms with van der Waals surface area (Å²) in [6, 6.07) is 13.5. The second-order valence-electron chi connectivity index (χ2n) is 6.15. The number of nitro groups is 1. The lowest BCUT2D eigenvalue weighted by molar-refractivity contribution is -0.383. The highest BCUT2D eigenvalue weighted by atomic mass is 16.6. The van der Waals surface area contributed by atoms with Crippen LogP contribution in [0.4, 0.5) is 11.4 Å². The van der Waals surface area contributed by atoms with Crippen LogP contribution < -0.4 is 14.8 Å². The smallest absolute Gasteiger partial charge is 0.292 e. The van der Waals surface area contributed by atoms with Crippen LogP contribution in [0.1, 0.15) is 6.92 Å². The van der Waals surface area contributed by atoms with Crippen molar-refractivity contribution >= 4 is 17.3 Å². The number of carbonyl (C=O) groups is 1. The molecule has 3 rings (SSSR count). The molecule has 1 heterocycles. The van der Waals surface area contributed by atoms with Crippen LogP contribution >= 0.6 is 0 Å². The quantitative estimate of drug-likeness (QED) is 0.594. The Balaban J connectivity index is 1.58. The zero-order chi connectivity index (χ0) is 19.2. The lowest BCUT2D eigenvalue weighted by Crippen LogP contribution is -2.43. The molecule has 1 N–H and O–H groups in total. The van der Waals surface area contributed by atoms with Gasteiger partial charge in [-0.25, -0.2) is 0 Å². The monoisotopic (exact) mass is 371 g/mol. The van der Waals surface area contributed by atoms with Crippen molar-refractivity contribution < 1.29 is 19.2 Å². The number of benzene rings is 2. The van der Waals surface area contributed by atoms with E-state index in [0.29, 0.717) is 31.2 Å². The van der Waals surface area contributed by atoms with E-state index in [9.17, 15) is 14.9 Å². The highest BCUT2D eigenvalue weighted by Crippen LogP contribution is 2.31. The summed E-state index contributed by atoms with van der Waals surface area (Å²) in [5.74, 6) is 1.09. The van der Waals surface area contributed by atoms with Gasteiger partial charge in [-0.3, -0.25) is 19.8 Å². The van der Waals surface area contributed by atoms with Crippen molar-refractivity contribution in [2.75, 3.05) is 31.6 Å². The third kappa shape index (κ3) is 4.73. The van der Waals surface area contributed by atoms with Crippen molar-refractivity contribution in [1.82, 2.24) is 4.90 Å². The highest BCUT2D eigenvalue weighted by molar-refractivity contribution is 5.94. The van der Waals surface area contributed by atoms with E-state index in [2.05, 4.69) is 5.32 Å². The zero-order valence-corrected chi connectivity index (χ0v) is 15.0. The number of nitro benzene ring substituents is 1. The molecule has 0 aromatic heterocycles. The van der Waals surface area contributed by atoms with Gasteiger partial charge in [-0.15, -0.1) is 0 Å². The molecule has 2 aromatic carbocycles. The fourth-order valence-corrected chi connectivity index (χ4v) is 2.88. The summed E-state index contributed by atoms with van der Waals surface area (Å²) in [5, 5.41) is 13.7. The van der Waals surface area contributed by atoms with Crippen LogP contribution in [0.5, 0.6) is 11.5 Å². The Morgan fingerprint density at radius 2 is 1.93 bits per heavy atom. The van der Waals surface area contributed by atoms with Crippen molar-refractivity contribution in [2.24, 2.45) is 0 Å². The van der Waals surface area contributed by atoms with Crippen LogP contribution in [0.15, 0.2) is 48.5 Å². The first-order valence-corrected chi connectivity index (χ1v) is 8.71. The molecule has 0 spiro atoms. The minimum Gasteiger partial charge on any atom is -0.486 e. The highest BCUT2D eigenvalue weighted by Gasteiger charge is 2.24. The Bertz CT molecular complexity index is 826. The number of amides is 1. The molecule has 0 saturated heterocycles. The molecule has 27 heavy (non-hydrogen) atoms. The summed E-state index contributed by atoms with van der Waals surface area (Å²) >= 11 is 0. The summed E-state index contributed by atoms with van der Waals surface area (Å²) in [5.41, 5.74) is 0.0595. The number of anilines is 1. The summed E-state index contributed by atoms with van der Waals surface area (Å²) in [6.07, 6.45) is -0.196. The van der Waals surface area contributed by atoms with Gasteiger partial charge in [0.25, 0.3) is 5.69 Å². The van der Waals surface area contributed by atoms with Gasteiger partial charge in [0.1, 0.15) is 18.4 Å². The molecule has 1 atom stereocenters. The predicted molar refractivity (Wildman–Crippen MR) is 100 cm³/mol. The summed E-state index contributed by atoms with van der Waals surface area (Å²) in [6.45, 7) is 3.58. The predicted octanol–water partition coefficient (Wildman–Crippen LogP) is 2.70. The first-order chi connectivity index (χ1) is 13.1. The van der Waals surface area contributed by atoms with Crippen LogP contribution in [0.3, 0.4) is 0 Å². The van der Waals surface area contributed by atoms with E-state index in [1.165, 1.54) is 12.1 Å². The van der Waals surface area contributed by atoms with E-state index in [0.717, 1.165) is 0 Å². The number of nitrogens with one attached hydrogen (secondary N) is 1. The molecule has 0 saturated carbocycles. The molecule has 0 bridgehead atoms. The first-order valence-electron chi connectivity index (χ1n) is 8.71. The number of para-hydroxylation sites is 4. The fourth-order valence-electron chi connectivity index (χ4n) is 2.88. The van der Waals surface area contributed by atoms with Crippen molar-refractivity contribution in [3.05, 3.63) is 58.6 Å². The summed E-state index contributed by atoms with van der Waals surface area (Å²) in [7, 11) is 0. The van der Waals surface area contributed by atoms with E-state index in [-0.39, 0.29) is 29.9 Å². The van der Waals surface area contributed by atoms with Gasteiger partial charge in [0.05, 0.1) is 11.5 Å².